The summed E-state index contributed by atoms with van der Waals surface area (Å²) in [7, 11) is 0. The molecule has 2 rings (SSSR count). The van der Waals surface area contributed by atoms with Gasteiger partial charge in [0, 0.05) is 13.1 Å². The Hall–Kier alpha value is -0.0800. The van der Waals surface area contributed by atoms with E-state index in [1.54, 1.807) is 0 Å². The molecule has 76 valence electrons. The van der Waals surface area contributed by atoms with Gasteiger partial charge in [-0.05, 0) is 50.7 Å². The topological polar surface area (TPSA) is 15.3 Å². The van der Waals surface area contributed by atoms with Crippen LogP contribution in [0.4, 0.5) is 0 Å². The van der Waals surface area contributed by atoms with Gasteiger partial charge in [0.1, 0.15) is 0 Å². The first-order valence-corrected chi connectivity index (χ1v) is 5.77. The van der Waals surface area contributed by atoms with Crippen LogP contribution in [0.15, 0.2) is 0 Å². The van der Waals surface area contributed by atoms with Crippen molar-refractivity contribution in [2.24, 2.45) is 11.8 Å². The highest BCUT2D eigenvalue weighted by Crippen LogP contribution is 2.20. The molecule has 0 bridgehead atoms. The molecule has 0 amide bonds. The quantitative estimate of drug-likeness (QED) is 0.708. The van der Waals surface area contributed by atoms with Gasteiger partial charge in [-0.3, -0.25) is 0 Å². The van der Waals surface area contributed by atoms with Gasteiger partial charge >= 0.3 is 0 Å². The third-order valence-corrected chi connectivity index (χ3v) is 3.45. The highest BCUT2D eigenvalue weighted by molar-refractivity contribution is 4.77. The zero-order valence-electron chi connectivity index (χ0n) is 8.76. The van der Waals surface area contributed by atoms with E-state index < -0.39 is 0 Å². The summed E-state index contributed by atoms with van der Waals surface area (Å²) in [6.07, 6.45) is 4.25. The van der Waals surface area contributed by atoms with Gasteiger partial charge in [0.2, 0.25) is 0 Å². The van der Waals surface area contributed by atoms with E-state index in [0.29, 0.717) is 0 Å². The van der Waals surface area contributed by atoms with Gasteiger partial charge < -0.3 is 10.2 Å². The monoisotopic (exact) mass is 182 g/mol. The van der Waals surface area contributed by atoms with Crippen molar-refractivity contribution in [2.75, 3.05) is 32.7 Å². The van der Waals surface area contributed by atoms with E-state index in [2.05, 4.69) is 17.1 Å². The smallest absolute Gasteiger partial charge is 0.00194 e. The molecule has 2 heterocycles. The van der Waals surface area contributed by atoms with Crippen LogP contribution in [0.1, 0.15) is 26.2 Å². The minimum atomic E-state index is 0.966. The fraction of sp³-hybridized carbons (Fsp3) is 1.00. The summed E-state index contributed by atoms with van der Waals surface area (Å²) in [6, 6.07) is 0. The lowest BCUT2D eigenvalue weighted by Gasteiger charge is -2.38. The molecule has 0 aliphatic carbocycles. The summed E-state index contributed by atoms with van der Waals surface area (Å²) in [6.45, 7) is 8.91. The normalized spacial score (nSPS) is 27.5. The molecule has 0 unspecified atom stereocenters. The van der Waals surface area contributed by atoms with Crippen LogP contribution in [-0.2, 0) is 0 Å². The molecule has 0 radical (unpaired) electrons. The molecule has 2 nitrogen and oxygen atoms in total. The molecule has 2 aliphatic heterocycles. The van der Waals surface area contributed by atoms with Gasteiger partial charge in [-0.25, -0.2) is 0 Å². The summed E-state index contributed by atoms with van der Waals surface area (Å²) >= 11 is 0. The molecular formula is C11H22N2. The summed E-state index contributed by atoms with van der Waals surface area (Å²) in [4.78, 5) is 2.60. The highest BCUT2D eigenvalue weighted by Gasteiger charge is 2.23. The van der Waals surface area contributed by atoms with E-state index in [9.17, 15) is 0 Å². The predicted molar refractivity (Wildman–Crippen MR) is 55.8 cm³/mol. The third-order valence-electron chi connectivity index (χ3n) is 3.45. The lowest BCUT2D eigenvalue weighted by Crippen LogP contribution is -2.46. The van der Waals surface area contributed by atoms with Crippen molar-refractivity contribution in [3.63, 3.8) is 0 Å². The van der Waals surface area contributed by atoms with E-state index in [0.717, 1.165) is 11.8 Å². The molecule has 2 aliphatic rings. The Balaban J connectivity index is 1.56. The van der Waals surface area contributed by atoms with Crippen LogP contribution < -0.4 is 5.32 Å². The van der Waals surface area contributed by atoms with Crippen LogP contribution in [0, 0.1) is 11.8 Å². The Morgan fingerprint density at radius 2 is 1.92 bits per heavy atom. The average Bonchev–Trinajstić information content (AvgIpc) is 2.12. The van der Waals surface area contributed by atoms with Crippen molar-refractivity contribution in [1.29, 1.82) is 0 Å². The summed E-state index contributed by atoms with van der Waals surface area (Å²) < 4.78 is 0. The second-order valence-electron chi connectivity index (χ2n) is 4.85. The van der Waals surface area contributed by atoms with E-state index in [4.69, 9.17) is 0 Å². The molecular weight excluding hydrogens is 160 g/mol. The molecule has 0 atom stereocenters. The van der Waals surface area contributed by atoms with Crippen molar-refractivity contribution in [1.82, 2.24) is 10.2 Å². The number of likely N-dealkylation sites (tertiary alicyclic amines) is 1. The largest absolute Gasteiger partial charge is 0.317 e. The summed E-state index contributed by atoms with van der Waals surface area (Å²) in [5.41, 5.74) is 0. The molecule has 0 saturated carbocycles. The lowest BCUT2D eigenvalue weighted by atomic mass is 9.93. The van der Waals surface area contributed by atoms with Crippen molar-refractivity contribution in [2.45, 2.75) is 26.2 Å². The first kappa shape index (κ1) is 9.47. The fourth-order valence-corrected chi connectivity index (χ4v) is 2.55. The molecule has 2 saturated heterocycles. The lowest BCUT2D eigenvalue weighted by molar-refractivity contribution is 0.102. The molecule has 0 aromatic rings. The SMILES string of the molecule is CC1CN(CCC2CCNCC2)C1. The standard InChI is InChI=1S/C11H22N2/c1-10-8-13(9-10)7-4-11-2-5-12-6-3-11/h10-12H,2-9H2,1H3. The van der Waals surface area contributed by atoms with Crippen LogP contribution in [-0.4, -0.2) is 37.6 Å². The van der Waals surface area contributed by atoms with Crippen LogP contribution in [0.2, 0.25) is 0 Å². The summed E-state index contributed by atoms with van der Waals surface area (Å²) in [5.74, 6) is 1.98. The van der Waals surface area contributed by atoms with Crippen molar-refractivity contribution < 1.29 is 0 Å². The molecule has 2 heteroatoms. The Morgan fingerprint density at radius 3 is 2.54 bits per heavy atom. The molecule has 0 aromatic heterocycles. The number of hydrogen-bond donors (Lipinski definition) is 1. The van der Waals surface area contributed by atoms with E-state index >= 15 is 0 Å². The first-order valence-electron chi connectivity index (χ1n) is 5.77. The van der Waals surface area contributed by atoms with E-state index in [-0.39, 0.29) is 0 Å². The van der Waals surface area contributed by atoms with Gasteiger partial charge in [-0.2, -0.15) is 0 Å². The zero-order valence-corrected chi connectivity index (χ0v) is 8.76. The zero-order chi connectivity index (χ0) is 9.10. The molecule has 0 spiro atoms. The predicted octanol–water partition coefficient (Wildman–Crippen LogP) is 1.33. The molecule has 1 N–H and O–H groups in total. The second kappa shape index (κ2) is 4.43. The molecule has 2 fully saturated rings. The molecule has 13 heavy (non-hydrogen) atoms. The van der Waals surface area contributed by atoms with Crippen molar-refractivity contribution in [3.05, 3.63) is 0 Å². The Morgan fingerprint density at radius 1 is 1.23 bits per heavy atom. The maximum absolute atomic E-state index is 3.42. The van der Waals surface area contributed by atoms with Gasteiger partial charge in [0.25, 0.3) is 0 Å². The van der Waals surface area contributed by atoms with Gasteiger partial charge in [0.15, 0.2) is 0 Å². The highest BCUT2D eigenvalue weighted by atomic mass is 15.2. The van der Waals surface area contributed by atoms with Crippen LogP contribution in [0.3, 0.4) is 0 Å². The van der Waals surface area contributed by atoms with Gasteiger partial charge in [0.05, 0.1) is 0 Å². The maximum atomic E-state index is 3.42. The van der Waals surface area contributed by atoms with Crippen LogP contribution in [0.25, 0.3) is 0 Å². The fourth-order valence-electron chi connectivity index (χ4n) is 2.55. The minimum absolute atomic E-state index is 0.966. The second-order valence-corrected chi connectivity index (χ2v) is 4.85. The Bertz CT molecular complexity index is 146. The minimum Gasteiger partial charge on any atom is -0.317 e. The summed E-state index contributed by atoms with van der Waals surface area (Å²) in [5, 5.41) is 3.42. The third kappa shape index (κ3) is 2.68. The van der Waals surface area contributed by atoms with E-state index in [1.807, 2.05) is 0 Å². The first-order chi connectivity index (χ1) is 6.34. The number of nitrogens with zero attached hydrogens (tertiary/aromatic N) is 1. The maximum Gasteiger partial charge on any atom is 0.00194 e. The van der Waals surface area contributed by atoms with Crippen molar-refractivity contribution >= 4 is 0 Å². The van der Waals surface area contributed by atoms with Crippen LogP contribution >= 0.6 is 0 Å². The van der Waals surface area contributed by atoms with Gasteiger partial charge in [-0.1, -0.05) is 6.92 Å². The average molecular weight is 182 g/mol. The van der Waals surface area contributed by atoms with Crippen molar-refractivity contribution in [3.8, 4) is 0 Å². The number of nitrogens with one attached hydrogen (secondary N) is 1. The van der Waals surface area contributed by atoms with Gasteiger partial charge in [-0.15, -0.1) is 0 Å². The number of rotatable bonds is 3. The van der Waals surface area contributed by atoms with E-state index in [1.165, 1.54) is 52.0 Å². The Labute approximate surface area is 81.7 Å². The number of piperidine rings is 1. The number of hydrogen-bond acceptors (Lipinski definition) is 2. The van der Waals surface area contributed by atoms with Crippen LogP contribution in [0.5, 0.6) is 0 Å². The Kier molecular flexibility index (Phi) is 3.23. The molecule has 0 aromatic carbocycles.